The summed E-state index contributed by atoms with van der Waals surface area (Å²) in [5, 5.41) is 0. The fourth-order valence-electron chi connectivity index (χ4n) is 3.15. The third-order valence-corrected chi connectivity index (χ3v) is 5.44. The van der Waals surface area contributed by atoms with E-state index in [2.05, 4.69) is 0 Å². The van der Waals surface area contributed by atoms with Crippen molar-refractivity contribution in [1.82, 2.24) is 4.90 Å². The van der Waals surface area contributed by atoms with E-state index in [0.717, 1.165) is 31.1 Å². The van der Waals surface area contributed by atoms with Crippen molar-refractivity contribution in [2.75, 3.05) is 25.1 Å². The molecule has 128 valence electrons. The molecule has 0 spiro atoms. The van der Waals surface area contributed by atoms with Gasteiger partial charge in [0.25, 0.3) is 0 Å². The number of rotatable bonds is 5. The summed E-state index contributed by atoms with van der Waals surface area (Å²) in [5.41, 5.74) is 1.11. The Morgan fingerprint density at radius 2 is 1.83 bits per heavy atom. The molecule has 1 saturated heterocycles. The van der Waals surface area contributed by atoms with Gasteiger partial charge in [-0.1, -0.05) is 19.1 Å². The molecular formula is C17H24FNO3S. The predicted octanol–water partition coefficient (Wildman–Crippen LogP) is 2.29. The Morgan fingerprint density at radius 3 is 2.35 bits per heavy atom. The molecule has 1 heterocycles. The van der Waals surface area contributed by atoms with Crippen LogP contribution >= 0.6 is 0 Å². The number of nitrogens with zero attached hydrogens (tertiary/aromatic N) is 1. The fourth-order valence-corrected chi connectivity index (χ4v) is 4.20. The molecule has 23 heavy (non-hydrogen) atoms. The minimum Gasteiger partial charge on any atom is -0.342 e. The van der Waals surface area contributed by atoms with Crippen LogP contribution in [-0.2, 0) is 21.1 Å². The van der Waals surface area contributed by atoms with E-state index >= 15 is 0 Å². The summed E-state index contributed by atoms with van der Waals surface area (Å²) in [5.74, 6) is -0.403. The van der Waals surface area contributed by atoms with Gasteiger partial charge in [0, 0.05) is 25.3 Å². The normalized spacial score (nSPS) is 18.0. The highest BCUT2D eigenvalue weighted by molar-refractivity contribution is 7.90. The van der Waals surface area contributed by atoms with E-state index in [1.165, 1.54) is 12.1 Å². The van der Waals surface area contributed by atoms with Crippen molar-refractivity contribution in [2.24, 2.45) is 11.8 Å². The standard InChI is InChI=1S/C17H24FNO3S/c1-13(12-23(2,21)22)17(20)19-9-7-15(8-10-19)11-14-3-5-16(18)6-4-14/h3-6,13,15H,7-12H2,1-2H3/t13-/m0/s1. The average Bonchev–Trinajstić information content (AvgIpc) is 2.48. The lowest BCUT2D eigenvalue weighted by Gasteiger charge is -2.33. The Morgan fingerprint density at radius 1 is 1.26 bits per heavy atom. The molecule has 0 aliphatic carbocycles. The second-order valence-corrected chi connectivity index (χ2v) is 8.78. The Labute approximate surface area is 137 Å². The molecule has 4 nitrogen and oxygen atoms in total. The summed E-state index contributed by atoms with van der Waals surface area (Å²) in [6.07, 6.45) is 3.84. The molecule has 0 radical (unpaired) electrons. The number of carbonyl (C=O) groups excluding carboxylic acids is 1. The van der Waals surface area contributed by atoms with Crippen LogP contribution in [0.3, 0.4) is 0 Å². The number of piperidine rings is 1. The number of carbonyl (C=O) groups is 1. The SMILES string of the molecule is C[C@@H](CS(C)(=O)=O)C(=O)N1CCC(Cc2ccc(F)cc2)CC1. The van der Waals surface area contributed by atoms with Gasteiger partial charge < -0.3 is 4.90 Å². The van der Waals surface area contributed by atoms with Gasteiger partial charge in [0.05, 0.1) is 5.75 Å². The maximum Gasteiger partial charge on any atom is 0.226 e. The molecule has 1 atom stereocenters. The van der Waals surface area contributed by atoms with E-state index in [9.17, 15) is 17.6 Å². The predicted molar refractivity (Wildman–Crippen MR) is 88.3 cm³/mol. The lowest BCUT2D eigenvalue weighted by molar-refractivity contribution is -0.135. The van der Waals surface area contributed by atoms with Gasteiger partial charge in [0.15, 0.2) is 0 Å². The minimum atomic E-state index is -3.14. The highest BCUT2D eigenvalue weighted by Crippen LogP contribution is 2.23. The first-order valence-electron chi connectivity index (χ1n) is 7.95. The first-order chi connectivity index (χ1) is 10.7. The van der Waals surface area contributed by atoms with Gasteiger partial charge in [0.2, 0.25) is 5.91 Å². The molecule has 0 N–H and O–H groups in total. The summed E-state index contributed by atoms with van der Waals surface area (Å²) in [6.45, 7) is 3.01. The minimum absolute atomic E-state index is 0.0735. The van der Waals surface area contributed by atoms with E-state index in [4.69, 9.17) is 0 Å². The zero-order valence-corrected chi connectivity index (χ0v) is 14.5. The largest absolute Gasteiger partial charge is 0.342 e. The van der Waals surface area contributed by atoms with Crippen molar-refractivity contribution in [1.29, 1.82) is 0 Å². The van der Waals surface area contributed by atoms with E-state index < -0.39 is 15.8 Å². The molecule has 0 saturated carbocycles. The first-order valence-corrected chi connectivity index (χ1v) is 10.0. The topological polar surface area (TPSA) is 54.5 Å². The molecule has 6 heteroatoms. The van der Waals surface area contributed by atoms with Crippen molar-refractivity contribution >= 4 is 15.7 Å². The highest BCUT2D eigenvalue weighted by atomic mass is 32.2. The van der Waals surface area contributed by atoms with E-state index in [1.807, 2.05) is 0 Å². The number of hydrogen-bond acceptors (Lipinski definition) is 3. The average molecular weight is 341 g/mol. The summed E-state index contributed by atoms with van der Waals surface area (Å²) in [6, 6.07) is 6.56. The van der Waals surface area contributed by atoms with Gasteiger partial charge in [-0.2, -0.15) is 0 Å². The number of likely N-dealkylation sites (tertiary alicyclic amines) is 1. The molecule has 1 amide bonds. The van der Waals surface area contributed by atoms with E-state index in [1.54, 1.807) is 24.0 Å². The molecule has 1 aromatic rings. The number of benzene rings is 1. The fraction of sp³-hybridized carbons (Fsp3) is 0.588. The second kappa shape index (κ2) is 7.43. The Kier molecular flexibility index (Phi) is 5.79. The van der Waals surface area contributed by atoms with E-state index in [0.29, 0.717) is 19.0 Å². The van der Waals surface area contributed by atoms with Gasteiger partial charge in [-0.05, 0) is 42.9 Å². The third-order valence-electron chi connectivity index (χ3n) is 4.34. The zero-order chi connectivity index (χ0) is 17.0. The van der Waals surface area contributed by atoms with Crippen molar-refractivity contribution in [3.05, 3.63) is 35.6 Å². The molecule has 2 rings (SSSR count). The summed E-state index contributed by atoms with van der Waals surface area (Å²) in [7, 11) is -3.14. The van der Waals surface area contributed by atoms with E-state index in [-0.39, 0.29) is 17.5 Å². The van der Waals surface area contributed by atoms with Crippen molar-refractivity contribution in [3.8, 4) is 0 Å². The molecule has 1 fully saturated rings. The molecule has 1 aromatic carbocycles. The smallest absolute Gasteiger partial charge is 0.226 e. The molecule has 0 unspecified atom stereocenters. The Bertz CT molecular complexity index is 634. The maximum absolute atomic E-state index is 12.9. The number of sulfone groups is 1. The maximum atomic E-state index is 12.9. The monoisotopic (exact) mass is 341 g/mol. The van der Waals surface area contributed by atoms with Crippen molar-refractivity contribution in [2.45, 2.75) is 26.2 Å². The van der Waals surface area contributed by atoms with Gasteiger partial charge in [-0.3, -0.25) is 4.79 Å². The summed E-state index contributed by atoms with van der Waals surface area (Å²) < 4.78 is 35.5. The molecule has 1 aliphatic heterocycles. The lowest BCUT2D eigenvalue weighted by Crippen LogP contribution is -2.42. The van der Waals surface area contributed by atoms with Crippen LogP contribution in [0.15, 0.2) is 24.3 Å². The summed E-state index contributed by atoms with van der Waals surface area (Å²) >= 11 is 0. The molecule has 0 aromatic heterocycles. The van der Waals surface area contributed by atoms with Crippen LogP contribution in [0.2, 0.25) is 0 Å². The Balaban J connectivity index is 1.83. The summed E-state index contributed by atoms with van der Waals surface area (Å²) in [4.78, 5) is 14.1. The van der Waals surface area contributed by atoms with Crippen LogP contribution in [0.4, 0.5) is 4.39 Å². The van der Waals surface area contributed by atoms with Crippen LogP contribution < -0.4 is 0 Å². The van der Waals surface area contributed by atoms with Crippen molar-refractivity contribution in [3.63, 3.8) is 0 Å². The van der Waals surface area contributed by atoms with Crippen LogP contribution in [-0.4, -0.2) is 44.3 Å². The van der Waals surface area contributed by atoms with Crippen LogP contribution in [0.1, 0.15) is 25.3 Å². The Hall–Kier alpha value is -1.43. The van der Waals surface area contributed by atoms with Gasteiger partial charge >= 0.3 is 0 Å². The van der Waals surface area contributed by atoms with Crippen LogP contribution in [0, 0.1) is 17.7 Å². The second-order valence-electron chi connectivity index (χ2n) is 6.59. The van der Waals surface area contributed by atoms with Gasteiger partial charge in [0.1, 0.15) is 15.7 Å². The van der Waals surface area contributed by atoms with Gasteiger partial charge in [-0.25, -0.2) is 12.8 Å². The molecular weight excluding hydrogens is 317 g/mol. The number of halogens is 1. The third kappa shape index (κ3) is 5.61. The quantitative estimate of drug-likeness (QED) is 0.826. The lowest BCUT2D eigenvalue weighted by atomic mass is 9.90. The van der Waals surface area contributed by atoms with Crippen molar-refractivity contribution < 1.29 is 17.6 Å². The highest BCUT2D eigenvalue weighted by Gasteiger charge is 2.27. The zero-order valence-electron chi connectivity index (χ0n) is 13.7. The first kappa shape index (κ1) is 17.9. The number of amides is 1. The number of hydrogen-bond donors (Lipinski definition) is 0. The van der Waals surface area contributed by atoms with Crippen LogP contribution in [0.5, 0.6) is 0 Å². The molecule has 0 bridgehead atoms. The van der Waals surface area contributed by atoms with Gasteiger partial charge in [-0.15, -0.1) is 0 Å². The molecule has 1 aliphatic rings. The van der Waals surface area contributed by atoms with Crippen LogP contribution in [0.25, 0.3) is 0 Å².